The van der Waals surface area contributed by atoms with Crippen molar-refractivity contribution in [2.45, 2.75) is 19.4 Å². The molecule has 1 fully saturated rings. The Kier molecular flexibility index (Phi) is 4.92. The molecular formula is C10H18N2O4S. The van der Waals surface area contributed by atoms with Crippen LogP contribution in [0.1, 0.15) is 13.3 Å². The van der Waals surface area contributed by atoms with Crippen molar-refractivity contribution in [3.8, 4) is 0 Å². The number of carboxylic acid groups (broad SMARTS) is 1. The van der Waals surface area contributed by atoms with Gasteiger partial charge in [-0.05, 0) is 12.3 Å². The van der Waals surface area contributed by atoms with Crippen LogP contribution in [0.2, 0.25) is 0 Å². The first-order valence-corrected chi connectivity index (χ1v) is 7.23. The number of carbonyl (C=O) groups is 2. The van der Waals surface area contributed by atoms with Gasteiger partial charge in [0.05, 0.1) is 0 Å². The summed E-state index contributed by atoms with van der Waals surface area (Å²) in [5.74, 6) is -0.616. The van der Waals surface area contributed by atoms with Gasteiger partial charge in [-0.15, -0.1) is 0 Å². The van der Waals surface area contributed by atoms with Crippen LogP contribution in [-0.4, -0.2) is 57.4 Å². The molecule has 0 bridgehead atoms. The van der Waals surface area contributed by atoms with Crippen LogP contribution in [-0.2, 0) is 15.6 Å². The number of urea groups is 1. The molecule has 1 rings (SSSR count). The Morgan fingerprint density at radius 1 is 1.53 bits per heavy atom. The summed E-state index contributed by atoms with van der Waals surface area (Å²) in [7, 11) is -0.958. The van der Waals surface area contributed by atoms with Crippen molar-refractivity contribution in [3.05, 3.63) is 0 Å². The number of amides is 2. The predicted molar refractivity (Wildman–Crippen MR) is 64.2 cm³/mol. The molecule has 0 spiro atoms. The summed E-state index contributed by atoms with van der Waals surface area (Å²) >= 11 is 0. The summed E-state index contributed by atoms with van der Waals surface area (Å²) in [6.07, 6.45) is 2.26. The minimum absolute atomic E-state index is 0.0291. The summed E-state index contributed by atoms with van der Waals surface area (Å²) < 4.78 is 10.8. The highest BCUT2D eigenvalue weighted by molar-refractivity contribution is 7.84. The first-order chi connectivity index (χ1) is 7.93. The van der Waals surface area contributed by atoms with Crippen LogP contribution >= 0.6 is 0 Å². The average molecular weight is 262 g/mol. The number of carboxylic acids is 1. The van der Waals surface area contributed by atoms with Gasteiger partial charge in [0, 0.05) is 35.9 Å². The summed E-state index contributed by atoms with van der Waals surface area (Å²) in [5.41, 5.74) is 0. The molecule has 1 aliphatic rings. The van der Waals surface area contributed by atoms with E-state index in [9.17, 15) is 13.8 Å². The zero-order valence-corrected chi connectivity index (χ0v) is 10.8. The predicted octanol–water partition coefficient (Wildman–Crippen LogP) is -0.130. The number of likely N-dealkylation sites (tertiary alicyclic amines) is 1. The number of hydrogen-bond donors (Lipinski definition) is 2. The lowest BCUT2D eigenvalue weighted by Gasteiger charge is -2.23. The first-order valence-electron chi connectivity index (χ1n) is 5.50. The fourth-order valence-corrected chi connectivity index (χ4v) is 2.34. The summed E-state index contributed by atoms with van der Waals surface area (Å²) in [6, 6.07) is -1.13. The second-order valence-corrected chi connectivity index (χ2v) is 5.81. The molecule has 6 nitrogen and oxygen atoms in total. The maximum absolute atomic E-state index is 11.7. The Morgan fingerprint density at radius 3 is 2.71 bits per heavy atom. The molecule has 0 aromatic carbocycles. The molecule has 0 aromatic heterocycles. The number of hydrogen-bond acceptors (Lipinski definition) is 3. The molecule has 7 heteroatoms. The summed E-state index contributed by atoms with van der Waals surface area (Å²) in [6.45, 7) is 2.59. The Morgan fingerprint density at radius 2 is 2.18 bits per heavy atom. The van der Waals surface area contributed by atoms with Crippen molar-refractivity contribution in [2.75, 3.05) is 25.1 Å². The third kappa shape index (κ3) is 3.69. The second-order valence-electron chi connectivity index (χ2n) is 4.25. The maximum atomic E-state index is 11.7. The second kappa shape index (κ2) is 6.00. The Balaban J connectivity index is 2.51. The van der Waals surface area contributed by atoms with E-state index in [1.54, 1.807) is 6.26 Å². The Hall–Kier alpha value is -1.11. The molecule has 2 N–H and O–H groups in total. The third-order valence-corrected chi connectivity index (χ3v) is 3.66. The van der Waals surface area contributed by atoms with E-state index in [4.69, 9.17) is 5.11 Å². The number of nitrogens with zero attached hydrogens (tertiary/aromatic N) is 1. The van der Waals surface area contributed by atoms with Crippen LogP contribution < -0.4 is 5.32 Å². The van der Waals surface area contributed by atoms with Crippen molar-refractivity contribution < 1.29 is 18.9 Å². The van der Waals surface area contributed by atoms with Crippen molar-refractivity contribution in [2.24, 2.45) is 5.92 Å². The molecule has 1 aliphatic heterocycles. The molecule has 3 atom stereocenters. The normalized spacial score (nSPS) is 25.6. The highest BCUT2D eigenvalue weighted by atomic mass is 32.2. The fourth-order valence-electron chi connectivity index (χ4n) is 1.95. The fraction of sp³-hybridized carbons (Fsp3) is 0.800. The number of nitrogens with one attached hydrogen (secondary N) is 1. The molecule has 98 valence electrons. The van der Waals surface area contributed by atoms with Crippen LogP contribution in [0.25, 0.3) is 0 Å². The van der Waals surface area contributed by atoms with Gasteiger partial charge in [0.2, 0.25) is 0 Å². The molecular weight excluding hydrogens is 244 g/mol. The van der Waals surface area contributed by atoms with Crippen molar-refractivity contribution in [1.29, 1.82) is 0 Å². The molecule has 2 amide bonds. The van der Waals surface area contributed by atoms with Gasteiger partial charge in [0.1, 0.15) is 6.04 Å². The lowest BCUT2D eigenvalue weighted by molar-refractivity contribution is -0.142. The van der Waals surface area contributed by atoms with Crippen LogP contribution in [0, 0.1) is 5.92 Å². The third-order valence-electron chi connectivity index (χ3n) is 2.88. The van der Waals surface area contributed by atoms with E-state index in [1.807, 2.05) is 6.92 Å². The lowest BCUT2D eigenvalue weighted by atomic mass is 10.0. The SMILES string of the molecule is CC1CCN(C(=O)NCCS(C)=O)C1C(=O)O. The monoisotopic (exact) mass is 262 g/mol. The van der Waals surface area contributed by atoms with Crippen LogP contribution in [0.4, 0.5) is 4.79 Å². The topological polar surface area (TPSA) is 86.7 Å². The van der Waals surface area contributed by atoms with E-state index in [2.05, 4.69) is 5.32 Å². The number of aliphatic carboxylic acids is 1. The average Bonchev–Trinajstić information content (AvgIpc) is 2.59. The number of rotatable bonds is 4. The summed E-state index contributed by atoms with van der Waals surface area (Å²) in [5, 5.41) is 11.6. The van der Waals surface area contributed by atoms with E-state index in [0.29, 0.717) is 25.3 Å². The quantitative estimate of drug-likeness (QED) is 0.739. The molecule has 1 heterocycles. The lowest BCUT2D eigenvalue weighted by Crippen LogP contribution is -2.48. The van der Waals surface area contributed by atoms with Crippen molar-refractivity contribution in [1.82, 2.24) is 10.2 Å². The van der Waals surface area contributed by atoms with Crippen molar-refractivity contribution >= 4 is 22.8 Å². The van der Waals surface area contributed by atoms with Gasteiger partial charge in [-0.1, -0.05) is 6.92 Å². The van der Waals surface area contributed by atoms with Gasteiger partial charge < -0.3 is 15.3 Å². The molecule has 0 aromatic rings. The molecule has 0 saturated carbocycles. The van der Waals surface area contributed by atoms with E-state index in [-0.39, 0.29) is 11.9 Å². The van der Waals surface area contributed by atoms with Crippen LogP contribution in [0.5, 0.6) is 0 Å². The zero-order chi connectivity index (χ0) is 13.0. The standard InChI is InChI=1S/C10H18N2O4S/c1-7-3-5-12(8(7)9(13)14)10(15)11-4-6-17(2)16/h7-8H,3-6H2,1-2H3,(H,11,15)(H,13,14). The van der Waals surface area contributed by atoms with E-state index >= 15 is 0 Å². The van der Waals surface area contributed by atoms with Gasteiger partial charge >= 0.3 is 12.0 Å². The Bertz CT molecular complexity index is 334. The first kappa shape index (κ1) is 14.0. The van der Waals surface area contributed by atoms with Crippen LogP contribution in [0.15, 0.2) is 0 Å². The van der Waals surface area contributed by atoms with Crippen molar-refractivity contribution in [3.63, 3.8) is 0 Å². The van der Waals surface area contributed by atoms with Gasteiger partial charge in [-0.25, -0.2) is 9.59 Å². The number of carbonyl (C=O) groups excluding carboxylic acids is 1. The largest absolute Gasteiger partial charge is 0.480 e. The van der Waals surface area contributed by atoms with E-state index in [0.717, 1.165) is 0 Å². The smallest absolute Gasteiger partial charge is 0.326 e. The highest BCUT2D eigenvalue weighted by Gasteiger charge is 2.39. The molecule has 0 radical (unpaired) electrons. The minimum Gasteiger partial charge on any atom is -0.480 e. The molecule has 0 aliphatic carbocycles. The van der Waals surface area contributed by atoms with Gasteiger partial charge in [0.25, 0.3) is 0 Å². The highest BCUT2D eigenvalue weighted by Crippen LogP contribution is 2.23. The Labute approximate surface area is 103 Å². The molecule has 3 unspecified atom stereocenters. The van der Waals surface area contributed by atoms with Gasteiger partial charge in [0.15, 0.2) is 0 Å². The van der Waals surface area contributed by atoms with E-state index in [1.165, 1.54) is 4.90 Å². The van der Waals surface area contributed by atoms with Gasteiger partial charge in [-0.2, -0.15) is 0 Å². The zero-order valence-electron chi connectivity index (χ0n) is 10.0. The van der Waals surface area contributed by atoms with Gasteiger partial charge in [-0.3, -0.25) is 4.21 Å². The molecule has 17 heavy (non-hydrogen) atoms. The maximum Gasteiger partial charge on any atom is 0.326 e. The van der Waals surface area contributed by atoms with Crippen LogP contribution in [0.3, 0.4) is 0 Å². The minimum atomic E-state index is -0.968. The van der Waals surface area contributed by atoms with E-state index < -0.39 is 22.8 Å². The summed E-state index contributed by atoms with van der Waals surface area (Å²) in [4.78, 5) is 24.1. The molecule has 1 saturated heterocycles.